The van der Waals surface area contributed by atoms with E-state index in [9.17, 15) is 9.59 Å². The number of H-pyrrole nitrogens is 1. The first-order chi connectivity index (χ1) is 11.4. The fourth-order valence-electron chi connectivity index (χ4n) is 3.34. The summed E-state index contributed by atoms with van der Waals surface area (Å²) in [5.74, 6) is 0.962. The van der Waals surface area contributed by atoms with Crippen LogP contribution in [0.25, 0.3) is 0 Å². The lowest BCUT2D eigenvalue weighted by Gasteiger charge is -2.28. The van der Waals surface area contributed by atoms with E-state index >= 15 is 0 Å². The van der Waals surface area contributed by atoms with Crippen molar-refractivity contribution >= 4 is 17.4 Å². The molecule has 2 N–H and O–H groups in total. The highest BCUT2D eigenvalue weighted by Crippen LogP contribution is 2.37. The quantitative estimate of drug-likeness (QED) is 0.888. The summed E-state index contributed by atoms with van der Waals surface area (Å²) in [5, 5.41) is 2.82. The monoisotopic (exact) mass is 326 g/mol. The molecule has 2 aliphatic rings. The molecule has 0 atom stereocenters. The number of carbonyl (C=O) groups excluding carboxylic acids is 2. The molecule has 4 rings (SSSR count). The van der Waals surface area contributed by atoms with Crippen LogP contribution in [0.2, 0.25) is 0 Å². The van der Waals surface area contributed by atoms with Gasteiger partial charge in [-0.2, -0.15) is 0 Å². The van der Waals surface area contributed by atoms with Crippen molar-refractivity contribution < 1.29 is 19.1 Å². The molecule has 2 aromatic rings. The fourth-order valence-corrected chi connectivity index (χ4v) is 3.34. The zero-order valence-corrected chi connectivity index (χ0v) is 13.6. The molecule has 0 saturated carbocycles. The van der Waals surface area contributed by atoms with Gasteiger partial charge < -0.3 is 19.8 Å². The van der Waals surface area contributed by atoms with Crippen LogP contribution in [0.5, 0.6) is 11.5 Å². The summed E-state index contributed by atoms with van der Waals surface area (Å²) in [6, 6.07) is 5.21. The number of amides is 1. The van der Waals surface area contributed by atoms with Crippen molar-refractivity contribution in [1.29, 1.82) is 0 Å². The zero-order valence-electron chi connectivity index (χ0n) is 13.6. The van der Waals surface area contributed by atoms with Gasteiger partial charge in [0, 0.05) is 30.1 Å². The maximum absolute atomic E-state index is 12.6. The van der Waals surface area contributed by atoms with Crippen LogP contribution in [-0.2, 0) is 6.42 Å². The molecule has 6 nitrogen and oxygen atoms in total. The van der Waals surface area contributed by atoms with Crippen molar-refractivity contribution in [1.82, 2.24) is 4.98 Å². The van der Waals surface area contributed by atoms with Gasteiger partial charge in [0.05, 0.1) is 11.1 Å². The first kappa shape index (κ1) is 14.8. The molecule has 1 aliphatic carbocycles. The minimum absolute atomic E-state index is 0.0123. The number of Topliss-reactive ketones (excluding diaryl/α,β-unsaturated/α-hetero) is 1. The molecular formula is C18H18N2O4. The number of fused-ring (bicyclic) bond motifs is 2. The Bertz CT molecular complexity index is 851. The second-order valence-electron chi connectivity index (χ2n) is 7.02. The summed E-state index contributed by atoms with van der Waals surface area (Å²) in [6.07, 6.45) is 2.82. The van der Waals surface area contributed by atoms with Crippen LogP contribution in [0.1, 0.15) is 46.7 Å². The Morgan fingerprint density at radius 1 is 1.21 bits per heavy atom. The van der Waals surface area contributed by atoms with Crippen molar-refractivity contribution in [3.8, 4) is 11.5 Å². The third-order valence-corrected chi connectivity index (χ3v) is 4.41. The molecule has 0 radical (unpaired) electrons. The van der Waals surface area contributed by atoms with Crippen LogP contribution in [0, 0.1) is 5.41 Å². The van der Waals surface area contributed by atoms with Crippen LogP contribution >= 0.6 is 0 Å². The number of nitrogens with one attached hydrogen (secondary N) is 2. The van der Waals surface area contributed by atoms with Gasteiger partial charge in [-0.1, -0.05) is 13.8 Å². The number of hydrogen-bond donors (Lipinski definition) is 2. The van der Waals surface area contributed by atoms with Gasteiger partial charge in [0.1, 0.15) is 0 Å². The Morgan fingerprint density at radius 2 is 2.00 bits per heavy atom. The topological polar surface area (TPSA) is 80.4 Å². The molecule has 0 spiro atoms. The number of aromatic amines is 1. The van der Waals surface area contributed by atoms with Crippen LogP contribution in [0.15, 0.2) is 24.4 Å². The van der Waals surface area contributed by atoms with Crippen molar-refractivity contribution in [2.45, 2.75) is 26.7 Å². The maximum atomic E-state index is 12.6. The second kappa shape index (κ2) is 5.12. The van der Waals surface area contributed by atoms with Gasteiger partial charge in [-0.05, 0) is 24.0 Å². The predicted molar refractivity (Wildman–Crippen MR) is 87.7 cm³/mol. The van der Waals surface area contributed by atoms with Crippen molar-refractivity contribution in [2.24, 2.45) is 5.41 Å². The molecule has 0 unspecified atom stereocenters. The predicted octanol–water partition coefficient (Wildman–Crippen LogP) is 3.15. The SMILES string of the molecule is CC1(C)CC(=O)c2c(C(=O)Nc3ccc4c(c3)OCO4)c[nH]c2C1. The summed E-state index contributed by atoms with van der Waals surface area (Å²) in [7, 11) is 0. The van der Waals surface area contributed by atoms with E-state index in [0.29, 0.717) is 34.7 Å². The van der Waals surface area contributed by atoms with E-state index < -0.39 is 0 Å². The summed E-state index contributed by atoms with van der Waals surface area (Å²) in [4.78, 5) is 28.1. The fraction of sp³-hybridized carbons (Fsp3) is 0.333. The van der Waals surface area contributed by atoms with E-state index in [4.69, 9.17) is 9.47 Å². The lowest BCUT2D eigenvalue weighted by molar-refractivity contribution is 0.0902. The molecule has 124 valence electrons. The standard InChI is InChI=1S/C18H18N2O4/c1-18(2)6-12-16(13(21)7-18)11(8-19-12)17(22)20-10-3-4-14-15(5-10)24-9-23-14/h3-5,8,19H,6-7,9H2,1-2H3,(H,20,22). The number of rotatable bonds is 2. The third-order valence-electron chi connectivity index (χ3n) is 4.41. The van der Waals surface area contributed by atoms with E-state index in [0.717, 1.165) is 12.1 Å². The van der Waals surface area contributed by atoms with Gasteiger partial charge in [0.25, 0.3) is 5.91 Å². The Balaban J connectivity index is 1.60. The molecule has 0 saturated heterocycles. The molecule has 6 heteroatoms. The molecule has 0 bridgehead atoms. The van der Waals surface area contributed by atoms with Crippen molar-refractivity contribution in [3.63, 3.8) is 0 Å². The number of hydrogen-bond acceptors (Lipinski definition) is 4. The van der Waals surface area contributed by atoms with E-state index in [1.165, 1.54) is 0 Å². The largest absolute Gasteiger partial charge is 0.454 e. The van der Waals surface area contributed by atoms with Crippen LogP contribution in [-0.4, -0.2) is 23.5 Å². The van der Waals surface area contributed by atoms with Gasteiger partial charge in [0.2, 0.25) is 6.79 Å². The number of ketones is 1. The minimum atomic E-state index is -0.306. The molecule has 1 aliphatic heterocycles. The lowest BCUT2D eigenvalue weighted by Crippen LogP contribution is -2.28. The molecule has 0 fully saturated rings. The summed E-state index contributed by atoms with van der Waals surface area (Å²) in [5.41, 5.74) is 2.27. The molecular weight excluding hydrogens is 308 g/mol. The lowest BCUT2D eigenvalue weighted by atomic mass is 9.75. The number of carbonyl (C=O) groups is 2. The van der Waals surface area contributed by atoms with E-state index in [1.807, 2.05) is 0 Å². The van der Waals surface area contributed by atoms with E-state index in [1.54, 1.807) is 24.4 Å². The number of aromatic nitrogens is 1. The Morgan fingerprint density at radius 3 is 2.83 bits per heavy atom. The van der Waals surface area contributed by atoms with Crippen molar-refractivity contribution in [2.75, 3.05) is 12.1 Å². The molecule has 1 aromatic heterocycles. The summed E-state index contributed by atoms with van der Waals surface area (Å²) in [6.45, 7) is 4.30. The zero-order chi connectivity index (χ0) is 16.9. The van der Waals surface area contributed by atoms with E-state index in [-0.39, 0.29) is 23.9 Å². The first-order valence-corrected chi connectivity index (χ1v) is 7.87. The highest BCUT2D eigenvalue weighted by Gasteiger charge is 2.35. The molecule has 1 aromatic carbocycles. The molecule has 24 heavy (non-hydrogen) atoms. The molecule has 1 amide bonds. The molecule has 2 heterocycles. The number of anilines is 1. The average molecular weight is 326 g/mol. The van der Waals surface area contributed by atoms with Crippen LogP contribution in [0.3, 0.4) is 0 Å². The Kier molecular flexibility index (Phi) is 3.16. The Labute approximate surface area is 139 Å². The summed E-state index contributed by atoms with van der Waals surface area (Å²) < 4.78 is 10.6. The highest BCUT2D eigenvalue weighted by atomic mass is 16.7. The smallest absolute Gasteiger partial charge is 0.257 e. The van der Waals surface area contributed by atoms with Gasteiger partial charge in [-0.25, -0.2) is 0 Å². The van der Waals surface area contributed by atoms with Gasteiger partial charge >= 0.3 is 0 Å². The second-order valence-corrected chi connectivity index (χ2v) is 7.02. The van der Waals surface area contributed by atoms with Crippen LogP contribution < -0.4 is 14.8 Å². The number of benzene rings is 1. The number of ether oxygens (including phenoxy) is 2. The summed E-state index contributed by atoms with van der Waals surface area (Å²) >= 11 is 0. The van der Waals surface area contributed by atoms with Crippen LogP contribution in [0.4, 0.5) is 5.69 Å². The van der Waals surface area contributed by atoms with Gasteiger partial charge in [0.15, 0.2) is 17.3 Å². The van der Waals surface area contributed by atoms with Gasteiger partial charge in [-0.3, -0.25) is 9.59 Å². The minimum Gasteiger partial charge on any atom is -0.454 e. The van der Waals surface area contributed by atoms with Gasteiger partial charge in [-0.15, -0.1) is 0 Å². The first-order valence-electron chi connectivity index (χ1n) is 7.87. The highest BCUT2D eigenvalue weighted by molar-refractivity contribution is 6.13. The van der Waals surface area contributed by atoms with E-state index in [2.05, 4.69) is 24.1 Å². The normalized spacial score (nSPS) is 17.5. The maximum Gasteiger partial charge on any atom is 0.257 e. The third kappa shape index (κ3) is 2.44. The average Bonchev–Trinajstić information content (AvgIpc) is 3.11. The van der Waals surface area contributed by atoms with Crippen molar-refractivity contribution in [3.05, 3.63) is 41.2 Å². The Hall–Kier alpha value is -2.76.